The summed E-state index contributed by atoms with van der Waals surface area (Å²) in [6, 6.07) is 10.7. The van der Waals surface area contributed by atoms with Crippen LogP contribution >= 0.6 is 0 Å². The fraction of sp³-hybridized carbons (Fsp3) is 0.389. The Bertz CT molecular complexity index is 871. The molecule has 0 N–H and O–H groups in total. The number of rotatable bonds is 5. The molecule has 3 rings (SSSR count). The molecule has 1 aliphatic heterocycles. The van der Waals surface area contributed by atoms with Gasteiger partial charge in [0.1, 0.15) is 18.1 Å². The van der Waals surface area contributed by atoms with Gasteiger partial charge in [-0.05, 0) is 43.2 Å². The van der Waals surface area contributed by atoms with Gasteiger partial charge in [-0.1, -0.05) is 12.1 Å². The predicted molar refractivity (Wildman–Crippen MR) is 93.4 cm³/mol. The fourth-order valence-corrected chi connectivity index (χ4v) is 4.62. The Morgan fingerprint density at radius 1 is 1.32 bits per heavy atom. The molecule has 0 spiro atoms. The van der Waals surface area contributed by atoms with Crippen molar-refractivity contribution in [1.82, 2.24) is 4.90 Å². The minimum absolute atomic E-state index is 0.0132. The van der Waals surface area contributed by atoms with Crippen molar-refractivity contribution in [2.24, 2.45) is 0 Å². The van der Waals surface area contributed by atoms with Crippen LogP contribution in [0.1, 0.15) is 28.3 Å². The lowest BCUT2D eigenvalue weighted by atomic mass is 10.2. The summed E-state index contributed by atoms with van der Waals surface area (Å²) in [7, 11) is -1.43. The summed E-state index contributed by atoms with van der Waals surface area (Å²) in [4.78, 5) is 13.9. The van der Waals surface area contributed by atoms with E-state index in [0.717, 1.165) is 11.3 Å². The number of carbonyl (C=O) groups is 1. The monoisotopic (exact) mass is 363 g/mol. The maximum Gasteiger partial charge on any atom is 0.289 e. The molecule has 25 heavy (non-hydrogen) atoms. The maximum atomic E-state index is 12.5. The molecule has 1 atom stereocenters. The van der Waals surface area contributed by atoms with E-state index in [4.69, 9.17) is 9.15 Å². The summed E-state index contributed by atoms with van der Waals surface area (Å²) < 4.78 is 34.4. The number of nitrogens with zero attached hydrogens (tertiary/aromatic N) is 1. The first-order valence-corrected chi connectivity index (χ1v) is 9.92. The van der Waals surface area contributed by atoms with E-state index in [-0.39, 0.29) is 35.8 Å². The van der Waals surface area contributed by atoms with Gasteiger partial charge in [0.25, 0.3) is 5.91 Å². The molecule has 0 unspecified atom stereocenters. The van der Waals surface area contributed by atoms with Crippen molar-refractivity contribution in [3.05, 3.63) is 53.5 Å². The molecule has 6 nitrogen and oxygen atoms in total. The second-order valence-corrected chi connectivity index (χ2v) is 8.57. The molecule has 0 aliphatic carbocycles. The molecule has 1 aromatic carbocycles. The molecule has 2 heterocycles. The highest BCUT2D eigenvalue weighted by Crippen LogP contribution is 2.20. The van der Waals surface area contributed by atoms with Gasteiger partial charge in [0.15, 0.2) is 15.6 Å². The highest BCUT2D eigenvalue weighted by molar-refractivity contribution is 7.91. The molecule has 1 fully saturated rings. The van der Waals surface area contributed by atoms with Gasteiger partial charge in [-0.15, -0.1) is 0 Å². The highest BCUT2D eigenvalue weighted by atomic mass is 32.2. The predicted octanol–water partition coefficient (Wildman–Crippen LogP) is 2.43. The zero-order valence-electron chi connectivity index (χ0n) is 14.3. The molecule has 2 aromatic rings. The number of carbonyl (C=O) groups excluding carboxylic acids is 1. The molecule has 0 bridgehead atoms. The summed E-state index contributed by atoms with van der Waals surface area (Å²) in [5.74, 6) is 1.29. The first-order valence-electron chi connectivity index (χ1n) is 8.10. The normalized spacial score (nSPS) is 18.9. The average molecular weight is 363 g/mol. The first kappa shape index (κ1) is 17.5. The molecular formula is C18H21NO5S. The number of hydrogen-bond donors (Lipinski definition) is 0. The van der Waals surface area contributed by atoms with E-state index in [1.165, 1.54) is 4.90 Å². The van der Waals surface area contributed by atoms with Crippen molar-refractivity contribution in [1.29, 1.82) is 0 Å². The lowest BCUT2D eigenvalue weighted by Gasteiger charge is -2.22. The molecule has 1 aliphatic rings. The molecule has 1 saturated heterocycles. The Labute approximate surface area is 147 Å². The van der Waals surface area contributed by atoms with Crippen molar-refractivity contribution < 1.29 is 22.4 Å². The van der Waals surface area contributed by atoms with Crippen molar-refractivity contribution >= 4 is 15.7 Å². The van der Waals surface area contributed by atoms with Gasteiger partial charge in [0.05, 0.1) is 11.5 Å². The minimum atomic E-state index is -3.04. The molecule has 1 aromatic heterocycles. The summed E-state index contributed by atoms with van der Waals surface area (Å²) in [6.07, 6.45) is 0.467. The van der Waals surface area contributed by atoms with Gasteiger partial charge in [0, 0.05) is 13.1 Å². The van der Waals surface area contributed by atoms with Crippen LogP contribution in [0, 0.1) is 6.92 Å². The van der Waals surface area contributed by atoms with E-state index in [9.17, 15) is 13.2 Å². The third kappa shape index (κ3) is 4.22. The lowest BCUT2D eigenvalue weighted by molar-refractivity contribution is 0.0711. The van der Waals surface area contributed by atoms with Gasteiger partial charge in [0.2, 0.25) is 0 Å². The largest absolute Gasteiger partial charge is 0.486 e. The van der Waals surface area contributed by atoms with Crippen LogP contribution in [-0.4, -0.2) is 43.8 Å². The summed E-state index contributed by atoms with van der Waals surface area (Å²) in [5.41, 5.74) is 1.10. The average Bonchev–Trinajstić information content (AvgIpc) is 3.18. The van der Waals surface area contributed by atoms with Crippen LogP contribution in [0.3, 0.4) is 0 Å². The Morgan fingerprint density at radius 2 is 2.12 bits per heavy atom. The number of aryl methyl sites for hydroxylation is 1. The second kappa shape index (κ2) is 6.92. The standard InChI is InChI=1S/C18H21NO5S/c1-13-4-3-5-15(10-13)23-11-16-6-7-17(24-16)18(20)19(2)14-8-9-25(21,22)12-14/h3-7,10,14H,8-9,11-12H2,1-2H3/t14-/m1/s1. The van der Waals surface area contributed by atoms with Crippen LogP contribution in [0.4, 0.5) is 0 Å². The number of amides is 1. The minimum Gasteiger partial charge on any atom is -0.486 e. The Balaban J connectivity index is 1.61. The van der Waals surface area contributed by atoms with E-state index in [0.29, 0.717) is 12.2 Å². The zero-order chi connectivity index (χ0) is 18.0. The zero-order valence-corrected chi connectivity index (χ0v) is 15.1. The van der Waals surface area contributed by atoms with E-state index in [2.05, 4.69) is 0 Å². The van der Waals surface area contributed by atoms with Gasteiger partial charge in [-0.3, -0.25) is 4.79 Å². The van der Waals surface area contributed by atoms with Crippen LogP contribution in [0.15, 0.2) is 40.8 Å². The van der Waals surface area contributed by atoms with Crippen LogP contribution in [0.2, 0.25) is 0 Å². The van der Waals surface area contributed by atoms with Gasteiger partial charge in [-0.25, -0.2) is 8.42 Å². The fourth-order valence-electron chi connectivity index (χ4n) is 2.85. The van der Waals surface area contributed by atoms with Crippen molar-refractivity contribution in [2.75, 3.05) is 18.6 Å². The Kier molecular flexibility index (Phi) is 4.85. The first-order chi connectivity index (χ1) is 11.8. The quantitative estimate of drug-likeness (QED) is 0.815. The molecule has 134 valence electrons. The molecule has 0 saturated carbocycles. The topological polar surface area (TPSA) is 76.8 Å². The van der Waals surface area contributed by atoms with Gasteiger partial charge < -0.3 is 14.1 Å². The van der Waals surface area contributed by atoms with Crippen LogP contribution in [-0.2, 0) is 16.4 Å². The van der Waals surface area contributed by atoms with Crippen LogP contribution in [0.25, 0.3) is 0 Å². The molecule has 1 amide bonds. The van der Waals surface area contributed by atoms with E-state index in [1.807, 2.05) is 31.2 Å². The number of benzene rings is 1. The smallest absolute Gasteiger partial charge is 0.289 e. The summed E-state index contributed by atoms with van der Waals surface area (Å²) in [5, 5.41) is 0. The van der Waals surface area contributed by atoms with Gasteiger partial charge >= 0.3 is 0 Å². The number of furan rings is 1. The Morgan fingerprint density at radius 3 is 2.80 bits per heavy atom. The third-order valence-corrected chi connectivity index (χ3v) is 6.07. The number of hydrogen-bond acceptors (Lipinski definition) is 5. The van der Waals surface area contributed by atoms with Gasteiger partial charge in [-0.2, -0.15) is 0 Å². The number of ether oxygens (including phenoxy) is 1. The molecular weight excluding hydrogens is 342 g/mol. The van der Waals surface area contributed by atoms with Crippen LogP contribution in [0.5, 0.6) is 5.75 Å². The van der Waals surface area contributed by atoms with E-state index >= 15 is 0 Å². The summed E-state index contributed by atoms with van der Waals surface area (Å²) >= 11 is 0. The van der Waals surface area contributed by atoms with E-state index in [1.54, 1.807) is 19.2 Å². The second-order valence-electron chi connectivity index (χ2n) is 6.34. The molecule has 0 radical (unpaired) electrons. The third-order valence-electron chi connectivity index (χ3n) is 4.32. The van der Waals surface area contributed by atoms with Crippen LogP contribution < -0.4 is 4.74 Å². The number of sulfone groups is 1. The highest BCUT2D eigenvalue weighted by Gasteiger charge is 2.33. The lowest BCUT2D eigenvalue weighted by Crippen LogP contribution is -2.37. The van der Waals surface area contributed by atoms with E-state index < -0.39 is 9.84 Å². The van der Waals surface area contributed by atoms with Crippen molar-refractivity contribution in [2.45, 2.75) is 26.0 Å². The van der Waals surface area contributed by atoms with Crippen molar-refractivity contribution in [3.63, 3.8) is 0 Å². The van der Waals surface area contributed by atoms with Crippen molar-refractivity contribution in [3.8, 4) is 5.75 Å². The molecule has 7 heteroatoms. The SMILES string of the molecule is Cc1cccc(OCc2ccc(C(=O)N(C)[C@@H]3CCS(=O)(=O)C3)o2)c1. The maximum absolute atomic E-state index is 12.5. The summed E-state index contributed by atoms with van der Waals surface area (Å²) in [6.45, 7) is 2.20. The Hall–Kier alpha value is -2.28.